The summed E-state index contributed by atoms with van der Waals surface area (Å²) in [5.41, 5.74) is 6.13. The molecule has 6 nitrogen and oxygen atoms in total. The quantitative estimate of drug-likeness (QED) is 0.841. The van der Waals surface area contributed by atoms with E-state index in [1.807, 2.05) is 0 Å². The van der Waals surface area contributed by atoms with E-state index in [1.165, 1.54) is 23.5 Å². The minimum atomic E-state index is -3.56. The van der Waals surface area contributed by atoms with Crippen LogP contribution in [0.5, 0.6) is 5.75 Å². The predicted octanol–water partition coefficient (Wildman–Crippen LogP) is 1.08. The van der Waals surface area contributed by atoms with Crippen molar-refractivity contribution in [3.05, 3.63) is 18.2 Å². The molecule has 1 aliphatic heterocycles. The SMILES string of the molecule is COc1cc(N)ccc1S(=O)(=O)N1CCC(OC)CC1. The maximum absolute atomic E-state index is 12.6. The molecule has 0 saturated carbocycles. The summed E-state index contributed by atoms with van der Waals surface area (Å²) in [6, 6.07) is 4.58. The summed E-state index contributed by atoms with van der Waals surface area (Å²) in [5, 5.41) is 0. The Morgan fingerprint density at radius 2 is 1.90 bits per heavy atom. The zero-order valence-electron chi connectivity index (χ0n) is 11.7. The van der Waals surface area contributed by atoms with Gasteiger partial charge in [0, 0.05) is 32.0 Å². The van der Waals surface area contributed by atoms with E-state index in [4.69, 9.17) is 15.2 Å². The lowest BCUT2D eigenvalue weighted by molar-refractivity contribution is 0.0604. The van der Waals surface area contributed by atoms with E-state index in [1.54, 1.807) is 13.2 Å². The lowest BCUT2D eigenvalue weighted by Crippen LogP contribution is -2.40. The lowest BCUT2D eigenvalue weighted by Gasteiger charge is -2.30. The molecule has 1 saturated heterocycles. The first-order valence-corrected chi connectivity index (χ1v) is 7.89. The number of benzene rings is 1. The van der Waals surface area contributed by atoms with E-state index >= 15 is 0 Å². The van der Waals surface area contributed by atoms with Gasteiger partial charge in [-0.3, -0.25) is 0 Å². The molecular formula is C13H20N2O4S. The number of hydrogen-bond acceptors (Lipinski definition) is 5. The standard InChI is InChI=1S/C13H20N2O4S/c1-18-11-5-7-15(8-6-11)20(16,17)13-4-3-10(14)9-12(13)19-2/h3-4,9,11H,5-8,14H2,1-2H3. The van der Waals surface area contributed by atoms with Gasteiger partial charge < -0.3 is 15.2 Å². The van der Waals surface area contributed by atoms with Gasteiger partial charge in [-0.1, -0.05) is 0 Å². The number of hydrogen-bond donors (Lipinski definition) is 1. The molecule has 1 aromatic rings. The van der Waals surface area contributed by atoms with Gasteiger partial charge >= 0.3 is 0 Å². The second kappa shape index (κ2) is 5.99. The van der Waals surface area contributed by atoms with Gasteiger partial charge in [-0.2, -0.15) is 4.31 Å². The summed E-state index contributed by atoms with van der Waals surface area (Å²) < 4.78 is 37.1. The lowest BCUT2D eigenvalue weighted by atomic mass is 10.1. The molecule has 1 heterocycles. The second-order valence-corrected chi connectivity index (χ2v) is 6.66. The predicted molar refractivity (Wildman–Crippen MR) is 76.2 cm³/mol. The van der Waals surface area contributed by atoms with Crippen LogP contribution in [0.25, 0.3) is 0 Å². The van der Waals surface area contributed by atoms with Crippen LogP contribution in [0.2, 0.25) is 0 Å². The van der Waals surface area contributed by atoms with Crippen LogP contribution >= 0.6 is 0 Å². The van der Waals surface area contributed by atoms with Crippen LogP contribution in [0.4, 0.5) is 5.69 Å². The highest BCUT2D eigenvalue weighted by molar-refractivity contribution is 7.89. The van der Waals surface area contributed by atoms with Gasteiger partial charge in [0.2, 0.25) is 10.0 Å². The number of ether oxygens (including phenoxy) is 2. The molecule has 0 atom stereocenters. The van der Waals surface area contributed by atoms with Crippen molar-refractivity contribution in [1.82, 2.24) is 4.31 Å². The number of rotatable bonds is 4. The fraction of sp³-hybridized carbons (Fsp3) is 0.538. The Hall–Kier alpha value is -1.31. The van der Waals surface area contributed by atoms with Crippen LogP contribution in [0.3, 0.4) is 0 Å². The zero-order chi connectivity index (χ0) is 14.8. The highest BCUT2D eigenvalue weighted by Gasteiger charge is 2.31. The summed E-state index contributed by atoms with van der Waals surface area (Å²) in [4.78, 5) is 0.157. The average Bonchev–Trinajstić information content (AvgIpc) is 2.46. The van der Waals surface area contributed by atoms with E-state index in [-0.39, 0.29) is 16.7 Å². The molecule has 0 aromatic heterocycles. The van der Waals surface area contributed by atoms with E-state index in [2.05, 4.69) is 0 Å². The van der Waals surface area contributed by atoms with Gasteiger partial charge in [0.25, 0.3) is 0 Å². The van der Waals surface area contributed by atoms with Crippen LogP contribution in [0.15, 0.2) is 23.1 Å². The Kier molecular flexibility index (Phi) is 4.52. The van der Waals surface area contributed by atoms with Gasteiger partial charge in [0.15, 0.2) is 0 Å². The number of methoxy groups -OCH3 is 2. The molecule has 0 bridgehead atoms. The highest BCUT2D eigenvalue weighted by atomic mass is 32.2. The molecule has 7 heteroatoms. The van der Waals surface area contributed by atoms with Crippen molar-refractivity contribution >= 4 is 15.7 Å². The molecule has 1 aliphatic rings. The summed E-state index contributed by atoms with van der Waals surface area (Å²) in [5.74, 6) is 0.277. The normalized spacial score (nSPS) is 18.1. The molecule has 20 heavy (non-hydrogen) atoms. The second-order valence-electron chi connectivity index (χ2n) is 4.75. The topological polar surface area (TPSA) is 81.9 Å². The van der Waals surface area contributed by atoms with Crippen LogP contribution in [0.1, 0.15) is 12.8 Å². The summed E-state index contributed by atoms with van der Waals surface area (Å²) in [7, 11) is -0.470. The molecular weight excluding hydrogens is 280 g/mol. The maximum atomic E-state index is 12.6. The van der Waals surface area contributed by atoms with Crippen molar-refractivity contribution in [3.63, 3.8) is 0 Å². The molecule has 0 amide bonds. The Balaban J connectivity index is 2.27. The third-order valence-corrected chi connectivity index (χ3v) is 5.48. The fourth-order valence-corrected chi connectivity index (χ4v) is 3.95. The first kappa shape index (κ1) is 15.1. The largest absolute Gasteiger partial charge is 0.495 e. The van der Waals surface area contributed by atoms with Crippen LogP contribution in [-0.2, 0) is 14.8 Å². The minimum absolute atomic E-state index is 0.134. The average molecular weight is 300 g/mol. The number of anilines is 1. The van der Waals surface area contributed by atoms with E-state index in [0.717, 1.165) is 0 Å². The van der Waals surface area contributed by atoms with Gasteiger partial charge in [-0.15, -0.1) is 0 Å². The van der Waals surface area contributed by atoms with Crippen molar-refractivity contribution in [3.8, 4) is 5.75 Å². The first-order valence-electron chi connectivity index (χ1n) is 6.45. The van der Waals surface area contributed by atoms with Crippen molar-refractivity contribution in [2.24, 2.45) is 0 Å². The number of piperidine rings is 1. The van der Waals surface area contributed by atoms with Gasteiger partial charge in [-0.25, -0.2) is 8.42 Å². The molecule has 2 rings (SSSR count). The highest BCUT2D eigenvalue weighted by Crippen LogP contribution is 2.30. The fourth-order valence-electron chi connectivity index (χ4n) is 2.34. The zero-order valence-corrected chi connectivity index (χ0v) is 12.5. The molecule has 1 aromatic carbocycles. The third kappa shape index (κ3) is 2.89. The monoisotopic (exact) mass is 300 g/mol. The molecule has 1 fully saturated rings. The smallest absolute Gasteiger partial charge is 0.246 e. The maximum Gasteiger partial charge on any atom is 0.246 e. The molecule has 0 unspecified atom stereocenters. The van der Waals surface area contributed by atoms with Crippen LogP contribution < -0.4 is 10.5 Å². The summed E-state index contributed by atoms with van der Waals surface area (Å²) in [6.45, 7) is 0.905. The van der Waals surface area contributed by atoms with E-state index in [0.29, 0.717) is 31.6 Å². The van der Waals surface area contributed by atoms with Crippen molar-refractivity contribution in [2.75, 3.05) is 33.0 Å². The number of sulfonamides is 1. The van der Waals surface area contributed by atoms with Crippen LogP contribution in [-0.4, -0.2) is 46.1 Å². The van der Waals surface area contributed by atoms with Gasteiger partial charge in [-0.05, 0) is 25.0 Å². The van der Waals surface area contributed by atoms with Gasteiger partial charge in [0.1, 0.15) is 10.6 Å². The summed E-state index contributed by atoms with van der Waals surface area (Å²) in [6.07, 6.45) is 1.54. The Bertz CT molecular complexity index is 566. The Morgan fingerprint density at radius 1 is 1.25 bits per heavy atom. The number of nitrogens with zero attached hydrogens (tertiary/aromatic N) is 1. The van der Waals surface area contributed by atoms with E-state index < -0.39 is 10.0 Å². The number of nitrogen functional groups attached to an aromatic ring is 1. The van der Waals surface area contributed by atoms with E-state index in [9.17, 15) is 8.42 Å². The molecule has 2 N–H and O–H groups in total. The Morgan fingerprint density at radius 3 is 2.45 bits per heavy atom. The van der Waals surface area contributed by atoms with Crippen LogP contribution in [0, 0.1) is 0 Å². The van der Waals surface area contributed by atoms with Crippen molar-refractivity contribution in [1.29, 1.82) is 0 Å². The molecule has 0 spiro atoms. The third-order valence-electron chi connectivity index (χ3n) is 3.54. The van der Waals surface area contributed by atoms with Gasteiger partial charge in [0.05, 0.1) is 13.2 Å². The number of nitrogens with two attached hydrogens (primary N) is 1. The summed E-state index contributed by atoms with van der Waals surface area (Å²) >= 11 is 0. The van der Waals surface area contributed by atoms with Crippen molar-refractivity contribution < 1.29 is 17.9 Å². The molecule has 112 valence electrons. The first-order chi connectivity index (χ1) is 9.48. The minimum Gasteiger partial charge on any atom is -0.495 e. The van der Waals surface area contributed by atoms with Crippen molar-refractivity contribution in [2.45, 2.75) is 23.8 Å². The molecule has 0 aliphatic carbocycles. The molecule has 0 radical (unpaired) electrons. The Labute approximate surface area is 119 Å².